The van der Waals surface area contributed by atoms with E-state index >= 15 is 0 Å². The molecule has 1 aromatic rings. The van der Waals surface area contributed by atoms with Gasteiger partial charge in [-0.2, -0.15) is 13.2 Å². The molecular formula is C14H14F3NO3. The van der Waals surface area contributed by atoms with Crippen molar-refractivity contribution in [2.45, 2.75) is 19.1 Å². The Bertz CT molecular complexity index is 555. The molecule has 21 heavy (non-hydrogen) atoms. The summed E-state index contributed by atoms with van der Waals surface area (Å²) in [4.78, 5) is 11.9. The smallest absolute Gasteiger partial charge is 0.416 e. The van der Waals surface area contributed by atoms with Gasteiger partial charge in [-0.15, -0.1) is 0 Å². The van der Waals surface area contributed by atoms with Gasteiger partial charge in [0.2, 0.25) is 5.76 Å². The molecule has 0 bridgehead atoms. The highest BCUT2D eigenvalue weighted by atomic mass is 19.4. The molecule has 1 atom stereocenters. The van der Waals surface area contributed by atoms with E-state index in [1.165, 1.54) is 18.4 Å². The summed E-state index contributed by atoms with van der Waals surface area (Å²) in [7, 11) is 0. The van der Waals surface area contributed by atoms with E-state index < -0.39 is 23.7 Å². The van der Waals surface area contributed by atoms with Crippen LogP contribution in [0.2, 0.25) is 0 Å². The van der Waals surface area contributed by atoms with Gasteiger partial charge in [-0.25, -0.2) is 0 Å². The second-order valence-corrected chi connectivity index (χ2v) is 4.52. The molecular weight excluding hydrogens is 287 g/mol. The minimum absolute atomic E-state index is 0.0140. The van der Waals surface area contributed by atoms with E-state index in [4.69, 9.17) is 9.47 Å². The lowest BCUT2D eigenvalue weighted by Gasteiger charge is -2.19. The fraction of sp³-hybridized carbons (Fsp3) is 0.357. The van der Waals surface area contributed by atoms with Gasteiger partial charge in [0.25, 0.3) is 5.91 Å². The number of hydrogen-bond donors (Lipinski definition) is 1. The second-order valence-electron chi connectivity index (χ2n) is 4.52. The van der Waals surface area contributed by atoms with Crippen molar-refractivity contribution >= 4 is 5.91 Å². The normalized spacial score (nSPS) is 16.3. The molecule has 1 N–H and O–H groups in total. The third-order valence-corrected chi connectivity index (χ3v) is 2.93. The third-order valence-electron chi connectivity index (χ3n) is 2.93. The zero-order valence-corrected chi connectivity index (χ0v) is 11.2. The molecule has 1 aromatic carbocycles. The van der Waals surface area contributed by atoms with Crippen molar-refractivity contribution in [1.29, 1.82) is 0 Å². The quantitative estimate of drug-likeness (QED) is 0.934. The number of amides is 1. The predicted molar refractivity (Wildman–Crippen MR) is 68.0 cm³/mol. The molecule has 1 heterocycles. The Balaban J connectivity index is 2.08. The average Bonchev–Trinajstić information content (AvgIpc) is 2.47. The van der Waals surface area contributed by atoms with Gasteiger partial charge in [0.05, 0.1) is 11.6 Å². The predicted octanol–water partition coefficient (Wildman–Crippen LogP) is 2.77. The monoisotopic (exact) mass is 301 g/mol. The topological polar surface area (TPSA) is 47.6 Å². The SMILES string of the molecule is C[C@@H](NC(=O)C1=COCCO1)c1cccc(C(F)(F)F)c1. The lowest BCUT2D eigenvalue weighted by molar-refractivity contribution is -0.137. The van der Waals surface area contributed by atoms with Crippen LogP contribution < -0.4 is 5.32 Å². The van der Waals surface area contributed by atoms with Crippen LogP contribution in [-0.2, 0) is 20.4 Å². The summed E-state index contributed by atoms with van der Waals surface area (Å²) in [5.74, 6) is -0.514. The molecule has 1 amide bonds. The number of benzene rings is 1. The zero-order valence-electron chi connectivity index (χ0n) is 11.2. The standard InChI is InChI=1S/C14H14F3NO3/c1-9(18-13(19)12-8-20-5-6-21-12)10-3-2-4-11(7-10)14(15,16)17/h2-4,7-9H,5-6H2,1H3,(H,18,19)/t9-/m1/s1. The summed E-state index contributed by atoms with van der Waals surface area (Å²) in [5, 5.41) is 2.56. The first kappa shape index (κ1) is 15.2. The molecule has 0 radical (unpaired) electrons. The molecule has 7 heteroatoms. The van der Waals surface area contributed by atoms with Gasteiger partial charge in [0, 0.05) is 0 Å². The molecule has 1 aliphatic heterocycles. The number of rotatable bonds is 3. The van der Waals surface area contributed by atoms with Crippen molar-refractivity contribution in [2.24, 2.45) is 0 Å². The van der Waals surface area contributed by atoms with Crippen LogP contribution in [-0.4, -0.2) is 19.1 Å². The average molecular weight is 301 g/mol. The minimum Gasteiger partial charge on any atom is -0.494 e. The number of alkyl halides is 3. The summed E-state index contributed by atoms with van der Waals surface area (Å²) in [6, 6.07) is 4.23. The first-order valence-electron chi connectivity index (χ1n) is 6.30. The van der Waals surface area contributed by atoms with Crippen LogP contribution in [0.1, 0.15) is 24.1 Å². The van der Waals surface area contributed by atoms with E-state index in [-0.39, 0.29) is 12.4 Å². The van der Waals surface area contributed by atoms with E-state index in [1.807, 2.05) is 0 Å². The Kier molecular flexibility index (Phi) is 4.40. The lowest BCUT2D eigenvalue weighted by atomic mass is 10.0. The molecule has 4 nitrogen and oxygen atoms in total. The van der Waals surface area contributed by atoms with Gasteiger partial charge < -0.3 is 14.8 Å². The van der Waals surface area contributed by atoms with E-state index in [2.05, 4.69) is 5.32 Å². The van der Waals surface area contributed by atoms with Gasteiger partial charge in [-0.3, -0.25) is 4.79 Å². The summed E-state index contributed by atoms with van der Waals surface area (Å²) in [5.41, 5.74) is -0.395. The number of hydrogen-bond acceptors (Lipinski definition) is 3. The molecule has 0 aromatic heterocycles. The molecule has 0 saturated carbocycles. The Morgan fingerprint density at radius 3 is 2.71 bits per heavy atom. The third kappa shape index (κ3) is 3.90. The van der Waals surface area contributed by atoms with Gasteiger partial charge in [-0.05, 0) is 24.6 Å². The highest BCUT2D eigenvalue weighted by Crippen LogP contribution is 2.30. The first-order valence-corrected chi connectivity index (χ1v) is 6.30. The van der Waals surface area contributed by atoms with E-state index in [0.29, 0.717) is 12.2 Å². The highest BCUT2D eigenvalue weighted by Gasteiger charge is 2.30. The number of halogens is 3. The Hall–Kier alpha value is -2.18. The Morgan fingerprint density at radius 2 is 2.10 bits per heavy atom. The van der Waals surface area contributed by atoms with E-state index in [0.717, 1.165) is 12.1 Å². The van der Waals surface area contributed by atoms with Crippen LogP contribution in [0.25, 0.3) is 0 Å². The largest absolute Gasteiger partial charge is 0.494 e. The first-order chi connectivity index (χ1) is 9.88. The Morgan fingerprint density at radius 1 is 1.33 bits per heavy atom. The van der Waals surface area contributed by atoms with Crippen molar-refractivity contribution < 1.29 is 27.4 Å². The van der Waals surface area contributed by atoms with Crippen molar-refractivity contribution in [1.82, 2.24) is 5.32 Å². The van der Waals surface area contributed by atoms with Crippen LogP contribution >= 0.6 is 0 Å². The fourth-order valence-electron chi connectivity index (χ4n) is 1.82. The summed E-state index contributed by atoms with van der Waals surface area (Å²) in [6.45, 7) is 2.22. The highest BCUT2D eigenvalue weighted by molar-refractivity contribution is 5.91. The number of nitrogens with one attached hydrogen (secondary N) is 1. The number of ether oxygens (including phenoxy) is 2. The van der Waals surface area contributed by atoms with Crippen LogP contribution in [0.15, 0.2) is 36.3 Å². The van der Waals surface area contributed by atoms with Crippen molar-refractivity contribution in [3.05, 3.63) is 47.4 Å². The van der Waals surface area contributed by atoms with E-state index in [9.17, 15) is 18.0 Å². The maximum Gasteiger partial charge on any atom is 0.416 e. The van der Waals surface area contributed by atoms with Crippen molar-refractivity contribution in [3.63, 3.8) is 0 Å². The Labute approximate surface area is 119 Å². The molecule has 114 valence electrons. The van der Waals surface area contributed by atoms with Crippen LogP contribution in [0, 0.1) is 0 Å². The maximum absolute atomic E-state index is 12.7. The molecule has 0 unspecified atom stereocenters. The van der Waals surface area contributed by atoms with E-state index in [1.54, 1.807) is 6.92 Å². The number of carbonyl (C=O) groups excluding carboxylic acids is 1. The lowest BCUT2D eigenvalue weighted by Crippen LogP contribution is -2.30. The van der Waals surface area contributed by atoms with Crippen LogP contribution in [0.3, 0.4) is 0 Å². The molecule has 0 spiro atoms. The van der Waals surface area contributed by atoms with Gasteiger partial charge in [0.15, 0.2) is 0 Å². The summed E-state index contributed by atoms with van der Waals surface area (Å²) in [6.07, 6.45) is -3.22. The molecule has 0 fully saturated rings. The minimum atomic E-state index is -4.41. The zero-order chi connectivity index (χ0) is 15.5. The number of carbonyl (C=O) groups is 1. The summed E-state index contributed by atoms with van der Waals surface area (Å²) < 4.78 is 48.0. The van der Waals surface area contributed by atoms with Crippen LogP contribution in [0.5, 0.6) is 0 Å². The van der Waals surface area contributed by atoms with Gasteiger partial charge in [0.1, 0.15) is 19.5 Å². The molecule has 0 saturated heterocycles. The fourth-order valence-corrected chi connectivity index (χ4v) is 1.82. The van der Waals surface area contributed by atoms with Gasteiger partial charge in [-0.1, -0.05) is 12.1 Å². The van der Waals surface area contributed by atoms with Crippen LogP contribution in [0.4, 0.5) is 13.2 Å². The summed E-state index contributed by atoms with van der Waals surface area (Å²) >= 11 is 0. The second kappa shape index (κ2) is 6.07. The molecule has 2 rings (SSSR count). The van der Waals surface area contributed by atoms with Gasteiger partial charge >= 0.3 is 6.18 Å². The van der Waals surface area contributed by atoms with Crippen molar-refractivity contribution in [3.8, 4) is 0 Å². The molecule has 1 aliphatic rings. The van der Waals surface area contributed by atoms with Crippen molar-refractivity contribution in [2.75, 3.05) is 13.2 Å². The molecule has 0 aliphatic carbocycles. The maximum atomic E-state index is 12.7.